The largest absolute Gasteiger partial charge is 0.444 e. The van der Waals surface area contributed by atoms with Crippen LogP contribution in [0.25, 0.3) is 28.2 Å². The van der Waals surface area contributed by atoms with Gasteiger partial charge in [0.1, 0.15) is 24.8 Å². The van der Waals surface area contributed by atoms with Crippen molar-refractivity contribution in [2.75, 3.05) is 31.6 Å². The average molecular weight is 840 g/mol. The van der Waals surface area contributed by atoms with E-state index >= 15 is 0 Å². The summed E-state index contributed by atoms with van der Waals surface area (Å²) in [7, 11) is -0.687. The highest BCUT2D eigenvalue weighted by Gasteiger charge is 2.46. The summed E-state index contributed by atoms with van der Waals surface area (Å²) in [5.41, 5.74) is 4.59. The molecular weight excluding hydrogens is 781 g/mol. The third kappa shape index (κ3) is 9.81. The summed E-state index contributed by atoms with van der Waals surface area (Å²) in [5, 5.41) is 9.49. The molecule has 0 saturated carbocycles. The molecule has 1 amide bonds. The lowest BCUT2D eigenvalue weighted by Crippen LogP contribution is -2.48. The molecule has 0 aromatic carbocycles. The van der Waals surface area contributed by atoms with Crippen molar-refractivity contribution in [2.45, 2.75) is 121 Å². The number of aryl methyl sites for hydroxylation is 1. The molecule has 6 rings (SSSR count). The van der Waals surface area contributed by atoms with E-state index in [2.05, 4.69) is 71.3 Å². The fourth-order valence-electron chi connectivity index (χ4n) is 7.26. The van der Waals surface area contributed by atoms with Crippen LogP contribution in [-0.2, 0) is 21.3 Å². The Morgan fingerprint density at radius 2 is 1.56 bits per heavy atom. The highest BCUT2D eigenvalue weighted by Crippen LogP contribution is 2.47. The van der Waals surface area contributed by atoms with Crippen LogP contribution in [0.5, 0.6) is 0 Å². The zero-order valence-electron chi connectivity index (χ0n) is 33.9. The van der Waals surface area contributed by atoms with Gasteiger partial charge in [-0.2, -0.15) is 14.7 Å². The second-order valence-corrected chi connectivity index (χ2v) is 30.4. The van der Waals surface area contributed by atoms with Gasteiger partial charge in [0.2, 0.25) is 0 Å². The lowest BCUT2D eigenvalue weighted by Gasteiger charge is -2.39. The number of hydrogen-bond donors (Lipinski definition) is 0. The number of piperidine rings is 1. The van der Waals surface area contributed by atoms with Gasteiger partial charge in [0.05, 0.1) is 22.1 Å². The minimum atomic E-state index is -1.30. The van der Waals surface area contributed by atoms with Gasteiger partial charge in [0, 0.05) is 77.9 Å². The van der Waals surface area contributed by atoms with Gasteiger partial charge < -0.3 is 24.0 Å². The number of carbonyl (C=O) groups is 1. The van der Waals surface area contributed by atoms with E-state index in [9.17, 15) is 4.79 Å². The predicted molar refractivity (Wildman–Crippen MR) is 223 cm³/mol. The van der Waals surface area contributed by atoms with E-state index < -0.39 is 21.7 Å². The quantitative estimate of drug-likeness (QED) is 0.0698. The van der Waals surface area contributed by atoms with Crippen LogP contribution in [-0.4, -0.2) is 101 Å². The number of ether oxygens (including phenoxy) is 3. The Balaban J connectivity index is 1.39. The molecule has 2 fully saturated rings. The molecule has 0 unspecified atom stereocenters. The summed E-state index contributed by atoms with van der Waals surface area (Å²) in [6, 6.07) is 8.35. The van der Waals surface area contributed by atoms with Crippen molar-refractivity contribution in [1.29, 1.82) is 0 Å². The number of hydrogen-bond acceptors (Lipinski definition) is 9. The number of halogens is 1. The molecule has 3 atom stereocenters. The molecule has 2 aliphatic rings. The lowest BCUT2D eigenvalue weighted by molar-refractivity contribution is 0.00566. The molecule has 0 N–H and O–H groups in total. The topological polar surface area (TPSA) is 112 Å². The third-order valence-corrected chi connectivity index (χ3v) is 14.3. The van der Waals surface area contributed by atoms with E-state index in [4.69, 9.17) is 29.3 Å². The Kier molecular flexibility index (Phi) is 12.1. The van der Waals surface area contributed by atoms with Gasteiger partial charge in [-0.25, -0.2) is 9.78 Å². The standard InChI is InChI=1S/C39H59BrN8O4Si2/c1-39(2,3)52-38(49)47-29-12-13-30(47)22-28(21-29)35-34(40)37(46(25-50-17-19-53(5,6)7)26-51-18-20-54(8,9)10)48-36(43-35)31(24-42-48)27-11-14-32(41-23-27)33-15-16-45(4)44-33/h11,14-16,23-24,28-30H,12-13,17-22,25-26H2,1-10H3/t28-,29-,30+. The van der Waals surface area contributed by atoms with Crippen molar-refractivity contribution >= 4 is 49.6 Å². The van der Waals surface area contributed by atoms with Crippen molar-refractivity contribution in [3.8, 4) is 22.5 Å². The van der Waals surface area contributed by atoms with Crippen LogP contribution in [0.1, 0.15) is 58.1 Å². The Labute approximate surface area is 331 Å². The summed E-state index contributed by atoms with van der Waals surface area (Å²) < 4.78 is 23.3. The lowest BCUT2D eigenvalue weighted by atomic mass is 9.88. The molecule has 2 saturated heterocycles. The van der Waals surface area contributed by atoms with Gasteiger partial charge in [-0.15, -0.1) is 0 Å². The minimum absolute atomic E-state index is 0.0931. The van der Waals surface area contributed by atoms with Crippen LogP contribution in [0.4, 0.5) is 10.6 Å². The first-order valence-electron chi connectivity index (χ1n) is 19.3. The maximum atomic E-state index is 13.4. The Hall–Kier alpha value is -3.12. The number of aromatic nitrogens is 6. The first kappa shape index (κ1) is 40.5. The molecule has 2 bridgehead atoms. The van der Waals surface area contributed by atoms with Crippen molar-refractivity contribution in [3.05, 3.63) is 47.0 Å². The van der Waals surface area contributed by atoms with E-state index in [1.165, 1.54) is 0 Å². The number of anilines is 1. The summed E-state index contributed by atoms with van der Waals surface area (Å²) >= 11 is 4.08. The van der Waals surface area contributed by atoms with E-state index in [-0.39, 0.29) is 24.1 Å². The molecule has 0 radical (unpaired) electrons. The monoisotopic (exact) mass is 838 g/mol. The van der Waals surface area contributed by atoms with Gasteiger partial charge in [-0.05, 0) is 86.6 Å². The van der Waals surface area contributed by atoms with E-state index in [1.54, 1.807) is 4.68 Å². The molecule has 12 nitrogen and oxygen atoms in total. The van der Waals surface area contributed by atoms with Crippen LogP contribution < -0.4 is 4.90 Å². The second kappa shape index (κ2) is 16.2. The molecule has 15 heteroatoms. The molecule has 4 aromatic rings. The summed E-state index contributed by atoms with van der Waals surface area (Å²) in [5.74, 6) is 0.969. The first-order chi connectivity index (χ1) is 25.4. The normalized spacial score (nSPS) is 19.2. The summed E-state index contributed by atoms with van der Waals surface area (Å²) in [6.45, 7) is 22.1. The molecule has 4 aromatic heterocycles. The van der Waals surface area contributed by atoms with Gasteiger partial charge >= 0.3 is 6.09 Å². The van der Waals surface area contributed by atoms with Crippen molar-refractivity contribution in [1.82, 2.24) is 34.3 Å². The fourth-order valence-corrected chi connectivity index (χ4v) is 9.60. The zero-order valence-corrected chi connectivity index (χ0v) is 37.4. The van der Waals surface area contributed by atoms with Crippen LogP contribution in [0, 0.1) is 0 Å². The Morgan fingerprint density at radius 1 is 0.926 bits per heavy atom. The third-order valence-electron chi connectivity index (χ3n) is 10.2. The minimum Gasteiger partial charge on any atom is -0.444 e. The van der Waals surface area contributed by atoms with Crippen LogP contribution >= 0.6 is 15.9 Å². The van der Waals surface area contributed by atoms with Gasteiger partial charge in [0.15, 0.2) is 11.5 Å². The molecular formula is C39H59BrN8O4Si2. The molecule has 294 valence electrons. The summed E-state index contributed by atoms with van der Waals surface area (Å²) in [6.07, 6.45) is 8.99. The van der Waals surface area contributed by atoms with Crippen LogP contribution in [0.2, 0.25) is 51.4 Å². The number of rotatable bonds is 14. The van der Waals surface area contributed by atoms with E-state index in [1.807, 2.05) is 68.0 Å². The molecule has 0 aliphatic carbocycles. The maximum Gasteiger partial charge on any atom is 0.410 e. The number of pyridine rings is 1. The van der Waals surface area contributed by atoms with Gasteiger partial charge in [-0.3, -0.25) is 9.67 Å². The highest BCUT2D eigenvalue weighted by molar-refractivity contribution is 9.10. The average Bonchev–Trinajstić information content (AvgIpc) is 3.77. The highest BCUT2D eigenvalue weighted by atomic mass is 79.9. The van der Waals surface area contributed by atoms with E-state index in [0.29, 0.717) is 26.7 Å². The Morgan fingerprint density at radius 3 is 2.07 bits per heavy atom. The van der Waals surface area contributed by atoms with Gasteiger partial charge in [-0.1, -0.05) is 45.3 Å². The number of nitrogens with zero attached hydrogens (tertiary/aromatic N) is 8. The summed E-state index contributed by atoms with van der Waals surface area (Å²) in [4.78, 5) is 27.7. The predicted octanol–water partition coefficient (Wildman–Crippen LogP) is 9.03. The zero-order chi connectivity index (χ0) is 39.0. The van der Waals surface area contributed by atoms with E-state index in [0.717, 1.165) is 81.9 Å². The number of amides is 1. The Bertz CT molecular complexity index is 1880. The fraction of sp³-hybridized carbons (Fsp3) is 0.615. The number of fused-ring (bicyclic) bond motifs is 3. The smallest absolute Gasteiger partial charge is 0.410 e. The molecule has 54 heavy (non-hydrogen) atoms. The molecule has 6 heterocycles. The van der Waals surface area contributed by atoms with Crippen LogP contribution in [0.3, 0.4) is 0 Å². The van der Waals surface area contributed by atoms with Crippen molar-refractivity contribution < 1.29 is 19.0 Å². The number of carbonyl (C=O) groups excluding carboxylic acids is 1. The first-order valence-corrected chi connectivity index (χ1v) is 27.5. The maximum absolute atomic E-state index is 13.4. The molecule has 0 spiro atoms. The van der Waals surface area contributed by atoms with Crippen molar-refractivity contribution in [2.24, 2.45) is 7.05 Å². The van der Waals surface area contributed by atoms with Crippen molar-refractivity contribution in [3.63, 3.8) is 0 Å². The van der Waals surface area contributed by atoms with Crippen LogP contribution in [0.15, 0.2) is 41.3 Å². The van der Waals surface area contributed by atoms with Gasteiger partial charge in [0.25, 0.3) is 0 Å². The second-order valence-electron chi connectivity index (χ2n) is 18.4. The SMILES string of the molecule is Cn1ccc(-c2ccc(-c3cnn4c(N(COCC[Si](C)(C)C)COCC[Si](C)(C)C)c(Br)c([C@@H]5C[C@H]6CC[C@@H](C5)N6C(=O)OC(C)(C)C)nc34)cn2)n1. The molecule has 2 aliphatic heterocycles.